The number of aliphatic carboxylic acids is 1. The molecule has 0 rings (SSSR count). The number of nitrogens with zero attached hydrogens (tertiary/aromatic N) is 1. The minimum absolute atomic E-state index is 0.211. The van der Waals surface area contributed by atoms with Crippen molar-refractivity contribution in [2.75, 3.05) is 27.2 Å². The van der Waals surface area contributed by atoms with Crippen LogP contribution in [0.5, 0.6) is 0 Å². The van der Waals surface area contributed by atoms with Crippen LogP contribution in [0.25, 0.3) is 0 Å². The predicted molar refractivity (Wildman–Crippen MR) is 124 cm³/mol. The molecule has 0 heterocycles. The van der Waals surface area contributed by atoms with Gasteiger partial charge >= 0.3 is 5.97 Å². The van der Waals surface area contributed by atoms with Crippen molar-refractivity contribution in [3.05, 3.63) is 0 Å². The van der Waals surface area contributed by atoms with Gasteiger partial charge in [0.25, 0.3) is 0 Å². The number of aliphatic hydroxyl groups is 1. The Morgan fingerprint density at radius 3 is 1.59 bits per heavy atom. The maximum Gasteiger partial charge on any atom is 0.303 e. The average Bonchev–Trinajstić information content (AvgIpc) is 2.60. The van der Waals surface area contributed by atoms with E-state index in [4.69, 9.17) is 5.11 Å². The maximum absolute atomic E-state index is 10.7. The lowest BCUT2D eigenvalue weighted by molar-refractivity contribution is -0.896. The van der Waals surface area contributed by atoms with Crippen molar-refractivity contribution >= 4 is 5.97 Å². The van der Waals surface area contributed by atoms with Gasteiger partial charge < -0.3 is 14.7 Å². The smallest absolute Gasteiger partial charge is 0.303 e. The van der Waals surface area contributed by atoms with Crippen molar-refractivity contribution in [3.63, 3.8) is 0 Å². The minimum Gasteiger partial charge on any atom is -0.481 e. The Bertz CT molecular complexity index is 394. The molecule has 0 saturated heterocycles. The first-order valence-corrected chi connectivity index (χ1v) is 12.4. The van der Waals surface area contributed by atoms with Crippen LogP contribution in [0.4, 0.5) is 0 Å². The van der Waals surface area contributed by atoms with Crippen molar-refractivity contribution in [2.24, 2.45) is 0 Å². The van der Waals surface area contributed by atoms with E-state index in [2.05, 4.69) is 21.0 Å². The highest BCUT2D eigenvalue weighted by molar-refractivity contribution is 5.66. The van der Waals surface area contributed by atoms with Crippen LogP contribution in [0.15, 0.2) is 0 Å². The zero-order valence-corrected chi connectivity index (χ0v) is 20.2. The number of carbonyl (C=O) groups is 1. The molecule has 0 aromatic heterocycles. The van der Waals surface area contributed by atoms with E-state index < -0.39 is 11.6 Å². The van der Waals surface area contributed by atoms with Crippen LogP contribution in [0.2, 0.25) is 0 Å². The average molecular weight is 415 g/mol. The largest absolute Gasteiger partial charge is 0.481 e. The van der Waals surface area contributed by atoms with Crippen LogP contribution in [0, 0.1) is 0 Å². The van der Waals surface area contributed by atoms with Crippen molar-refractivity contribution in [2.45, 2.75) is 129 Å². The van der Waals surface area contributed by atoms with E-state index in [1.807, 2.05) is 6.92 Å². The van der Waals surface area contributed by atoms with E-state index in [1.165, 1.54) is 83.5 Å². The highest BCUT2D eigenvalue weighted by Crippen LogP contribution is 2.20. The third kappa shape index (κ3) is 20.4. The molecule has 2 N–H and O–H groups in total. The zero-order valence-electron chi connectivity index (χ0n) is 20.2. The molecule has 174 valence electrons. The van der Waals surface area contributed by atoms with Crippen LogP contribution < -0.4 is 0 Å². The quantitative estimate of drug-likeness (QED) is 0.165. The van der Waals surface area contributed by atoms with Crippen LogP contribution in [-0.4, -0.2) is 53.5 Å². The standard InChI is InChI=1S/C25H51NO3/c1-5-6-7-8-9-10-11-12-13-14-15-16-17-18-21-25(2,29)23-26(3,4)22-19-20-24(27)28/h29H,5-23H2,1-4H3/p+1. The molecule has 0 saturated carbocycles. The molecule has 0 bridgehead atoms. The summed E-state index contributed by atoms with van der Waals surface area (Å²) in [6.07, 6.45) is 20.6. The number of quaternary nitrogens is 1. The van der Waals surface area contributed by atoms with Crippen molar-refractivity contribution in [1.82, 2.24) is 0 Å². The topological polar surface area (TPSA) is 57.5 Å². The minimum atomic E-state index is -0.737. The van der Waals surface area contributed by atoms with E-state index in [9.17, 15) is 9.90 Å². The molecule has 0 amide bonds. The van der Waals surface area contributed by atoms with Gasteiger partial charge in [0.05, 0.1) is 27.1 Å². The summed E-state index contributed by atoms with van der Waals surface area (Å²) < 4.78 is 0.679. The molecule has 0 aromatic rings. The zero-order chi connectivity index (χ0) is 22.0. The molecule has 29 heavy (non-hydrogen) atoms. The second-order valence-electron chi connectivity index (χ2n) is 10.2. The first-order chi connectivity index (χ1) is 13.7. The summed E-state index contributed by atoms with van der Waals surface area (Å²) in [5, 5.41) is 19.5. The lowest BCUT2D eigenvalue weighted by Crippen LogP contribution is -2.51. The lowest BCUT2D eigenvalue weighted by atomic mass is 9.96. The highest BCUT2D eigenvalue weighted by Gasteiger charge is 2.30. The van der Waals surface area contributed by atoms with Crippen LogP contribution >= 0.6 is 0 Å². The third-order valence-corrected chi connectivity index (χ3v) is 5.99. The molecule has 1 atom stereocenters. The van der Waals surface area contributed by atoms with Gasteiger partial charge in [-0.15, -0.1) is 0 Å². The van der Waals surface area contributed by atoms with Gasteiger partial charge in [-0.05, 0) is 13.3 Å². The van der Waals surface area contributed by atoms with Gasteiger partial charge in [-0.3, -0.25) is 4.79 Å². The molecule has 0 radical (unpaired) electrons. The molecule has 0 aromatic carbocycles. The summed E-state index contributed by atoms with van der Waals surface area (Å²) in [6, 6.07) is 0. The summed E-state index contributed by atoms with van der Waals surface area (Å²) >= 11 is 0. The lowest BCUT2D eigenvalue weighted by Gasteiger charge is -2.36. The Kier molecular flexibility index (Phi) is 16.7. The number of likely N-dealkylation sites (N-methyl/N-ethyl adjacent to an activating group) is 1. The monoisotopic (exact) mass is 414 g/mol. The highest BCUT2D eigenvalue weighted by atomic mass is 16.4. The van der Waals surface area contributed by atoms with E-state index in [0.29, 0.717) is 17.4 Å². The van der Waals surface area contributed by atoms with Crippen molar-refractivity contribution in [3.8, 4) is 0 Å². The molecular weight excluding hydrogens is 362 g/mol. The molecule has 0 aliphatic rings. The first-order valence-electron chi connectivity index (χ1n) is 12.4. The van der Waals surface area contributed by atoms with Crippen molar-refractivity contribution < 1.29 is 19.5 Å². The van der Waals surface area contributed by atoms with Gasteiger partial charge in [-0.2, -0.15) is 0 Å². The van der Waals surface area contributed by atoms with E-state index in [-0.39, 0.29) is 6.42 Å². The normalized spacial score (nSPS) is 14.1. The Morgan fingerprint density at radius 2 is 1.17 bits per heavy atom. The molecule has 1 unspecified atom stereocenters. The van der Waals surface area contributed by atoms with Gasteiger partial charge in [-0.25, -0.2) is 0 Å². The predicted octanol–water partition coefficient (Wildman–Crippen LogP) is 6.55. The fourth-order valence-electron chi connectivity index (χ4n) is 4.44. The molecule has 0 fully saturated rings. The molecule has 4 heteroatoms. The van der Waals surface area contributed by atoms with E-state index >= 15 is 0 Å². The SMILES string of the molecule is CCCCCCCCCCCCCCCCC(C)(O)C[N+](C)(C)CCCC(=O)O. The Balaban J connectivity index is 3.57. The summed E-state index contributed by atoms with van der Waals surface area (Å²) in [6.45, 7) is 5.69. The summed E-state index contributed by atoms with van der Waals surface area (Å²) in [4.78, 5) is 10.7. The number of hydrogen-bond acceptors (Lipinski definition) is 2. The Hall–Kier alpha value is -0.610. The number of carboxylic acids is 1. The molecule has 0 aliphatic heterocycles. The molecule has 0 spiro atoms. The maximum atomic E-state index is 10.7. The Labute approximate surface area is 181 Å². The van der Waals surface area contributed by atoms with Crippen LogP contribution in [0.1, 0.15) is 123 Å². The fourth-order valence-corrected chi connectivity index (χ4v) is 4.44. The van der Waals surface area contributed by atoms with E-state index in [0.717, 1.165) is 19.4 Å². The second kappa shape index (κ2) is 17.1. The summed E-state index contributed by atoms with van der Waals surface area (Å²) in [5.74, 6) is -0.737. The number of carboxylic acid groups (broad SMARTS) is 1. The molecule has 0 aliphatic carbocycles. The van der Waals surface area contributed by atoms with Gasteiger partial charge in [0, 0.05) is 6.42 Å². The van der Waals surface area contributed by atoms with Gasteiger partial charge in [0.15, 0.2) is 0 Å². The number of rotatable bonds is 21. The molecular formula is C25H52NO3+. The fraction of sp³-hybridized carbons (Fsp3) is 0.960. The Morgan fingerprint density at radius 1 is 0.759 bits per heavy atom. The van der Waals surface area contributed by atoms with Crippen LogP contribution in [-0.2, 0) is 4.79 Å². The second-order valence-corrected chi connectivity index (χ2v) is 10.2. The summed E-state index contributed by atoms with van der Waals surface area (Å²) in [5.41, 5.74) is -0.663. The van der Waals surface area contributed by atoms with Gasteiger partial charge in [0.1, 0.15) is 12.1 Å². The van der Waals surface area contributed by atoms with E-state index in [1.54, 1.807) is 0 Å². The first kappa shape index (κ1) is 28.4. The summed E-state index contributed by atoms with van der Waals surface area (Å²) in [7, 11) is 4.17. The van der Waals surface area contributed by atoms with Gasteiger partial charge in [0.2, 0.25) is 0 Å². The third-order valence-electron chi connectivity index (χ3n) is 5.99. The number of hydrogen-bond donors (Lipinski definition) is 2. The van der Waals surface area contributed by atoms with Crippen LogP contribution in [0.3, 0.4) is 0 Å². The molecule has 4 nitrogen and oxygen atoms in total. The number of unbranched alkanes of at least 4 members (excludes halogenated alkanes) is 13. The van der Waals surface area contributed by atoms with Crippen molar-refractivity contribution in [1.29, 1.82) is 0 Å². The van der Waals surface area contributed by atoms with Gasteiger partial charge in [-0.1, -0.05) is 96.8 Å².